The van der Waals surface area contributed by atoms with Crippen LogP contribution in [0, 0.1) is 12.8 Å². The highest BCUT2D eigenvalue weighted by Crippen LogP contribution is 2.28. The molecule has 1 aromatic heterocycles. The highest BCUT2D eigenvalue weighted by molar-refractivity contribution is 5.54. The van der Waals surface area contributed by atoms with Gasteiger partial charge in [0.15, 0.2) is 0 Å². The fourth-order valence-electron chi connectivity index (χ4n) is 2.32. The summed E-state index contributed by atoms with van der Waals surface area (Å²) in [4.78, 5) is 4.59. The first kappa shape index (κ1) is 14.8. The number of hydrogen-bond acceptors (Lipinski definition) is 3. The zero-order chi connectivity index (χ0) is 14.5. The van der Waals surface area contributed by atoms with Crippen LogP contribution in [0.3, 0.4) is 0 Å². The first-order valence-electron chi connectivity index (χ1n) is 7.54. The minimum absolute atomic E-state index is 0.372. The minimum Gasteiger partial charge on any atom is -0.339 e. The van der Waals surface area contributed by atoms with Gasteiger partial charge in [-0.1, -0.05) is 62.2 Å². The third-order valence-electron chi connectivity index (χ3n) is 3.98. The van der Waals surface area contributed by atoms with Crippen molar-refractivity contribution in [3.05, 3.63) is 35.7 Å². The Labute approximate surface area is 121 Å². The number of rotatable bonds is 6. The molecular formula is C17H24N2O. The van der Waals surface area contributed by atoms with Gasteiger partial charge in [0, 0.05) is 11.5 Å². The molecular weight excluding hydrogens is 248 g/mol. The van der Waals surface area contributed by atoms with Crippen molar-refractivity contribution in [2.75, 3.05) is 0 Å². The Kier molecular flexibility index (Phi) is 4.94. The summed E-state index contributed by atoms with van der Waals surface area (Å²) in [7, 11) is 0. The summed E-state index contributed by atoms with van der Waals surface area (Å²) in [6, 6.07) is 8.23. The van der Waals surface area contributed by atoms with Crippen LogP contribution in [0.5, 0.6) is 0 Å². The van der Waals surface area contributed by atoms with Crippen molar-refractivity contribution >= 4 is 0 Å². The molecule has 0 aliphatic rings. The molecule has 0 aliphatic heterocycles. The average Bonchev–Trinajstić information content (AvgIpc) is 2.94. The van der Waals surface area contributed by atoms with E-state index in [1.807, 2.05) is 12.1 Å². The largest absolute Gasteiger partial charge is 0.339 e. The van der Waals surface area contributed by atoms with Gasteiger partial charge in [-0.05, 0) is 25.7 Å². The number of aromatic nitrogens is 2. The van der Waals surface area contributed by atoms with Crippen molar-refractivity contribution in [1.82, 2.24) is 10.1 Å². The maximum Gasteiger partial charge on any atom is 0.230 e. The van der Waals surface area contributed by atoms with Crippen LogP contribution in [-0.4, -0.2) is 10.1 Å². The highest BCUT2D eigenvalue weighted by Gasteiger charge is 2.19. The van der Waals surface area contributed by atoms with E-state index in [-0.39, 0.29) is 0 Å². The Morgan fingerprint density at radius 2 is 1.80 bits per heavy atom. The Morgan fingerprint density at radius 1 is 1.10 bits per heavy atom. The van der Waals surface area contributed by atoms with Gasteiger partial charge in [-0.3, -0.25) is 0 Å². The van der Waals surface area contributed by atoms with Crippen LogP contribution in [0.15, 0.2) is 28.8 Å². The van der Waals surface area contributed by atoms with Crippen LogP contribution in [0.1, 0.15) is 57.4 Å². The van der Waals surface area contributed by atoms with Gasteiger partial charge in [0.25, 0.3) is 0 Å². The van der Waals surface area contributed by atoms with Gasteiger partial charge in [-0.25, -0.2) is 0 Å². The molecule has 20 heavy (non-hydrogen) atoms. The number of nitrogens with zero attached hydrogens (tertiary/aromatic N) is 2. The lowest BCUT2D eigenvalue weighted by molar-refractivity contribution is 0.321. The third-order valence-corrected chi connectivity index (χ3v) is 3.98. The molecule has 0 saturated heterocycles. The Balaban J connectivity index is 2.16. The fraction of sp³-hybridized carbons (Fsp3) is 0.529. The SMILES string of the molecule is CCC(C)CC(CC)c1nc(-c2ccc(C)cc2)no1. The highest BCUT2D eigenvalue weighted by atomic mass is 16.5. The number of benzene rings is 1. The summed E-state index contributed by atoms with van der Waals surface area (Å²) in [6.07, 6.45) is 3.35. The van der Waals surface area contributed by atoms with E-state index in [1.54, 1.807) is 0 Å². The summed E-state index contributed by atoms with van der Waals surface area (Å²) in [6.45, 7) is 8.76. The maximum atomic E-state index is 5.49. The second-order valence-corrected chi connectivity index (χ2v) is 5.68. The lowest BCUT2D eigenvalue weighted by atomic mass is 9.92. The van der Waals surface area contributed by atoms with Crippen molar-refractivity contribution in [3.8, 4) is 11.4 Å². The second-order valence-electron chi connectivity index (χ2n) is 5.68. The van der Waals surface area contributed by atoms with E-state index in [0.29, 0.717) is 17.7 Å². The van der Waals surface area contributed by atoms with E-state index < -0.39 is 0 Å². The minimum atomic E-state index is 0.372. The molecule has 1 heterocycles. The first-order valence-corrected chi connectivity index (χ1v) is 7.54. The van der Waals surface area contributed by atoms with Crippen molar-refractivity contribution in [2.45, 2.75) is 52.9 Å². The van der Waals surface area contributed by atoms with Gasteiger partial charge in [0.05, 0.1) is 0 Å². The molecule has 0 saturated carbocycles. The summed E-state index contributed by atoms with van der Waals surface area (Å²) >= 11 is 0. The van der Waals surface area contributed by atoms with Crippen molar-refractivity contribution < 1.29 is 4.52 Å². The van der Waals surface area contributed by atoms with Gasteiger partial charge in [-0.2, -0.15) is 4.98 Å². The van der Waals surface area contributed by atoms with E-state index in [1.165, 1.54) is 12.0 Å². The third kappa shape index (κ3) is 3.47. The van der Waals surface area contributed by atoms with Crippen molar-refractivity contribution in [2.24, 2.45) is 5.92 Å². The van der Waals surface area contributed by atoms with E-state index >= 15 is 0 Å². The Bertz CT molecular complexity index is 530. The quantitative estimate of drug-likeness (QED) is 0.744. The molecule has 108 valence electrons. The first-order chi connectivity index (χ1) is 9.63. The molecule has 2 unspecified atom stereocenters. The van der Waals surface area contributed by atoms with Gasteiger partial charge >= 0.3 is 0 Å². The molecule has 3 heteroatoms. The monoisotopic (exact) mass is 272 g/mol. The molecule has 0 aliphatic carbocycles. The average molecular weight is 272 g/mol. The normalized spacial score (nSPS) is 14.2. The van der Waals surface area contributed by atoms with E-state index in [2.05, 4.69) is 50.0 Å². The molecule has 0 N–H and O–H groups in total. The summed E-state index contributed by atoms with van der Waals surface area (Å²) < 4.78 is 5.49. The summed E-state index contributed by atoms with van der Waals surface area (Å²) in [5.41, 5.74) is 2.25. The van der Waals surface area contributed by atoms with Crippen molar-refractivity contribution in [3.63, 3.8) is 0 Å². The molecule has 0 spiro atoms. The summed E-state index contributed by atoms with van der Waals surface area (Å²) in [5, 5.41) is 4.13. The molecule has 0 bridgehead atoms. The van der Waals surface area contributed by atoms with E-state index in [9.17, 15) is 0 Å². The molecule has 0 amide bonds. The predicted octanol–water partition coefficient (Wildman–Crippen LogP) is 4.97. The Hall–Kier alpha value is -1.64. The standard InChI is InChI=1S/C17H24N2O/c1-5-12(3)11-14(6-2)17-18-16(19-20-17)15-9-7-13(4)8-10-15/h7-10,12,14H,5-6,11H2,1-4H3. The smallest absolute Gasteiger partial charge is 0.230 e. The fourth-order valence-corrected chi connectivity index (χ4v) is 2.32. The topological polar surface area (TPSA) is 38.9 Å². The molecule has 2 rings (SSSR count). The van der Waals surface area contributed by atoms with Crippen LogP contribution < -0.4 is 0 Å². The molecule has 0 radical (unpaired) electrons. The van der Waals surface area contributed by atoms with Gasteiger partial charge in [-0.15, -0.1) is 0 Å². The van der Waals surface area contributed by atoms with Gasteiger partial charge in [0.1, 0.15) is 0 Å². The molecule has 2 aromatic rings. The molecule has 1 aromatic carbocycles. The lowest BCUT2D eigenvalue weighted by Gasteiger charge is -2.14. The van der Waals surface area contributed by atoms with E-state index in [0.717, 1.165) is 24.3 Å². The Morgan fingerprint density at radius 3 is 2.40 bits per heavy atom. The lowest BCUT2D eigenvalue weighted by Crippen LogP contribution is -2.04. The van der Waals surface area contributed by atoms with Crippen LogP contribution in [0.2, 0.25) is 0 Å². The van der Waals surface area contributed by atoms with Gasteiger partial charge in [0.2, 0.25) is 11.7 Å². The van der Waals surface area contributed by atoms with Crippen LogP contribution >= 0.6 is 0 Å². The molecule has 3 nitrogen and oxygen atoms in total. The maximum absolute atomic E-state index is 5.49. The zero-order valence-corrected chi connectivity index (χ0v) is 12.9. The van der Waals surface area contributed by atoms with Crippen LogP contribution in [0.25, 0.3) is 11.4 Å². The van der Waals surface area contributed by atoms with Crippen LogP contribution in [-0.2, 0) is 0 Å². The second kappa shape index (κ2) is 6.69. The van der Waals surface area contributed by atoms with E-state index in [4.69, 9.17) is 4.52 Å². The van der Waals surface area contributed by atoms with Crippen LogP contribution in [0.4, 0.5) is 0 Å². The predicted molar refractivity (Wildman–Crippen MR) is 81.6 cm³/mol. The zero-order valence-electron chi connectivity index (χ0n) is 12.9. The van der Waals surface area contributed by atoms with Gasteiger partial charge < -0.3 is 4.52 Å². The van der Waals surface area contributed by atoms with Crippen molar-refractivity contribution in [1.29, 1.82) is 0 Å². The molecule has 0 fully saturated rings. The summed E-state index contributed by atoms with van der Waals surface area (Å²) in [5.74, 6) is 2.54. The molecule has 2 atom stereocenters. The number of aryl methyl sites for hydroxylation is 1. The number of hydrogen-bond donors (Lipinski definition) is 0.